The zero-order valence-corrected chi connectivity index (χ0v) is 19.7. The van der Waals surface area contributed by atoms with Crippen molar-refractivity contribution in [1.29, 1.82) is 0 Å². The number of nitrogens with zero attached hydrogens (tertiary/aromatic N) is 7. The first kappa shape index (κ1) is 22.1. The van der Waals surface area contributed by atoms with Crippen molar-refractivity contribution in [3.8, 4) is 11.4 Å². The minimum atomic E-state index is -0.515. The first-order valence-electron chi connectivity index (χ1n) is 10.9. The average molecular weight is 441 g/mol. The number of hydrogen-bond acceptors (Lipinski definition) is 7. The van der Waals surface area contributed by atoms with Gasteiger partial charge in [-0.15, -0.1) is 10.2 Å². The third-order valence-electron chi connectivity index (χ3n) is 5.97. The molecule has 0 bridgehead atoms. The van der Waals surface area contributed by atoms with Crippen molar-refractivity contribution in [3.05, 3.63) is 29.2 Å². The van der Waals surface area contributed by atoms with Gasteiger partial charge in [0.05, 0.1) is 14.1 Å². The maximum atomic E-state index is 12.3. The third kappa shape index (κ3) is 4.27. The molecule has 1 aromatic heterocycles. The zero-order valence-electron chi connectivity index (χ0n) is 19.7. The van der Waals surface area contributed by atoms with E-state index in [1.54, 1.807) is 4.90 Å². The molecule has 1 atom stereocenters. The molecule has 10 heteroatoms. The van der Waals surface area contributed by atoms with Crippen LogP contribution in [-0.4, -0.2) is 76.6 Å². The minimum Gasteiger partial charge on any atom is -0.486 e. The van der Waals surface area contributed by atoms with Crippen LogP contribution in [0, 0.1) is 0 Å². The zero-order chi connectivity index (χ0) is 23.3. The van der Waals surface area contributed by atoms with Crippen LogP contribution in [0.5, 0.6) is 0 Å². The molecule has 172 valence electrons. The average Bonchev–Trinajstić information content (AvgIpc) is 2.95. The summed E-state index contributed by atoms with van der Waals surface area (Å²) in [7, 11) is 4.17. The monoisotopic (exact) mass is 440 g/mol. The van der Waals surface area contributed by atoms with E-state index in [-0.39, 0.29) is 18.0 Å². The lowest BCUT2D eigenvalue weighted by molar-refractivity contribution is -0.875. The number of carbonyl (C=O) groups excluding carboxylic acids is 1. The highest BCUT2D eigenvalue weighted by atomic mass is 16.6. The Morgan fingerprint density at radius 1 is 1.19 bits per heavy atom. The summed E-state index contributed by atoms with van der Waals surface area (Å²) in [6.07, 6.45) is -0.300. The van der Waals surface area contributed by atoms with E-state index in [1.165, 1.54) is 5.56 Å². The van der Waals surface area contributed by atoms with Gasteiger partial charge in [0, 0.05) is 31.7 Å². The number of hydrogen-bond donors (Lipinski definition) is 1. The quantitative estimate of drug-likeness (QED) is 0.714. The molecule has 1 aromatic carbocycles. The normalized spacial score (nSPS) is 20.0. The highest BCUT2D eigenvalue weighted by Gasteiger charge is 2.29. The number of benzene rings is 1. The van der Waals surface area contributed by atoms with Gasteiger partial charge in [0.2, 0.25) is 0 Å². The van der Waals surface area contributed by atoms with Crippen LogP contribution < -0.4 is 10.6 Å². The second kappa shape index (κ2) is 7.77. The number of carbonyl (C=O) groups is 1. The summed E-state index contributed by atoms with van der Waals surface area (Å²) in [4.78, 5) is 20.8. The summed E-state index contributed by atoms with van der Waals surface area (Å²) in [5.74, 6) is 1.39. The molecule has 2 aromatic rings. The molecule has 4 rings (SSSR count). The lowest BCUT2D eigenvalue weighted by atomic mass is 10.0. The molecule has 3 heterocycles. The first-order chi connectivity index (χ1) is 14.9. The Morgan fingerprint density at radius 3 is 2.53 bits per heavy atom. The number of fused-ring (bicyclic) bond motifs is 1. The van der Waals surface area contributed by atoms with Gasteiger partial charge in [-0.05, 0) is 39.3 Å². The lowest BCUT2D eigenvalue weighted by Crippen LogP contribution is -2.50. The number of ether oxygens (including phenoxy) is 1. The van der Waals surface area contributed by atoms with Crippen LogP contribution in [0.15, 0.2) is 18.2 Å². The van der Waals surface area contributed by atoms with Crippen LogP contribution >= 0.6 is 0 Å². The predicted molar refractivity (Wildman–Crippen MR) is 123 cm³/mol. The Kier molecular flexibility index (Phi) is 5.36. The number of nitrogens with two attached hydrogens (primary N) is 1. The smallest absolute Gasteiger partial charge is 0.410 e. The van der Waals surface area contributed by atoms with Crippen LogP contribution in [0.3, 0.4) is 0 Å². The van der Waals surface area contributed by atoms with Gasteiger partial charge in [-0.3, -0.25) is 0 Å². The van der Waals surface area contributed by atoms with E-state index in [0.717, 1.165) is 11.3 Å². The SMILES string of the molecule is CC1c2cc(-c3nnc(N)c(N4CCN(C(=O)OC(C)(C)C)CC4)n3)ccc2[N-][N+]1(C)C. The molecule has 0 radical (unpaired) electrons. The topological polar surface area (TPSA) is 112 Å². The summed E-state index contributed by atoms with van der Waals surface area (Å²) in [5, 5.41) is 8.41. The number of quaternary nitrogens is 1. The molecule has 0 spiro atoms. The van der Waals surface area contributed by atoms with Gasteiger partial charge in [0.15, 0.2) is 17.5 Å². The Labute approximate surface area is 188 Å². The molecule has 32 heavy (non-hydrogen) atoms. The van der Waals surface area contributed by atoms with Crippen LogP contribution in [0.4, 0.5) is 22.1 Å². The Hall–Kier alpha value is -3.14. The van der Waals surface area contributed by atoms with Crippen LogP contribution in [0.25, 0.3) is 16.8 Å². The summed E-state index contributed by atoms with van der Waals surface area (Å²) in [5.41, 5.74) is 13.4. The van der Waals surface area contributed by atoms with Crippen molar-refractivity contribution in [3.63, 3.8) is 0 Å². The maximum absolute atomic E-state index is 12.3. The van der Waals surface area contributed by atoms with Gasteiger partial charge in [0.1, 0.15) is 11.6 Å². The molecule has 0 saturated carbocycles. The minimum absolute atomic E-state index is 0.243. The fourth-order valence-corrected chi connectivity index (χ4v) is 3.93. The second-order valence-electron chi connectivity index (χ2n) is 9.83. The molecule has 0 aliphatic carbocycles. The molecule has 2 aliphatic rings. The molecule has 1 unspecified atom stereocenters. The van der Waals surface area contributed by atoms with Crippen molar-refractivity contribution >= 4 is 23.4 Å². The van der Waals surface area contributed by atoms with E-state index in [0.29, 0.717) is 42.4 Å². The van der Waals surface area contributed by atoms with Crippen LogP contribution in [0.1, 0.15) is 39.3 Å². The summed E-state index contributed by atoms with van der Waals surface area (Å²) in [6.45, 7) is 9.99. The van der Waals surface area contributed by atoms with E-state index >= 15 is 0 Å². The predicted octanol–water partition coefficient (Wildman–Crippen LogP) is 3.25. The number of rotatable bonds is 2. The fraction of sp³-hybridized carbons (Fsp3) is 0.545. The molecule has 1 saturated heterocycles. The van der Waals surface area contributed by atoms with Crippen molar-refractivity contribution < 1.29 is 14.1 Å². The van der Waals surface area contributed by atoms with E-state index in [1.807, 2.05) is 37.8 Å². The number of aromatic nitrogens is 3. The van der Waals surface area contributed by atoms with Gasteiger partial charge in [0.25, 0.3) is 0 Å². The molecule has 2 aliphatic heterocycles. The molecular weight excluding hydrogens is 408 g/mol. The van der Waals surface area contributed by atoms with Gasteiger partial charge in [-0.1, -0.05) is 17.8 Å². The maximum Gasteiger partial charge on any atom is 0.410 e. The van der Waals surface area contributed by atoms with Crippen molar-refractivity contribution in [2.75, 3.05) is 50.9 Å². The highest BCUT2D eigenvalue weighted by Crippen LogP contribution is 2.47. The standard InChI is InChI=1S/C22H32N8O2/c1-14-16-13-15(7-8-17(16)27-30(14,5)6)19-24-20(18(23)25-26-19)28-9-11-29(12-10-28)21(31)32-22(2,3)4/h7-8,13-14H,9-12H2,1-6H3,(H2,23,25). The summed E-state index contributed by atoms with van der Waals surface area (Å²) in [6, 6.07) is 6.31. The first-order valence-corrected chi connectivity index (χ1v) is 10.9. The largest absolute Gasteiger partial charge is 0.486 e. The van der Waals surface area contributed by atoms with E-state index in [9.17, 15) is 4.79 Å². The lowest BCUT2D eigenvalue weighted by Gasteiger charge is -2.40. The van der Waals surface area contributed by atoms with Crippen molar-refractivity contribution in [2.24, 2.45) is 0 Å². The van der Waals surface area contributed by atoms with E-state index in [2.05, 4.69) is 37.3 Å². The van der Waals surface area contributed by atoms with Crippen molar-refractivity contribution in [1.82, 2.24) is 20.1 Å². The van der Waals surface area contributed by atoms with E-state index in [4.69, 9.17) is 20.9 Å². The number of piperazine rings is 1. The van der Waals surface area contributed by atoms with Crippen LogP contribution in [0.2, 0.25) is 0 Å². The Balaban J connectivity index is 1.52. The molecular formula is C22H32N8O2. The second-order valence-corrected chi connectivity index (χ2v) is 9.83. The molecule has 1 amide bonds. The number of anilines is 2. The van der Waals surface area contributed by atoms with Crippen molar-refractivity contribution in [2.45, 2.75) is 39.3 Å². The third-order valence-corrected chi connectivity index (χ3v) is 5.97. The van der Waals surface area contributed by atoms with Gasteiger partial charge >= 0.3 is 6.09 Å². The molecule has 1 fully saturated rings. The summed E-state index contributed by atoms with van der Waals surface area (Å²) >= 11 is 0. The van der Waals surface area contributed by atoms with Gasteiger partial charge in [-0.2, -0.15) is 0 Å². The molecule has 2 N–H and O–H groups in total. The van der Waals surface area contributed by atoms with Gasteiger partial charge < -0.3 is 30.3 Å². The van der Waals surface area contributed by atoms with E-state index < -0.39 is 5.60 Å². The summed E-state index contributed by atoms with van der Waals surface area (Å²) < 4.78 is 6.04. The van der Waals surface area contributed by atoms with Crippen LogP contribution in [-0.2, 0) is 4.74 Å². The highest BCUT2D eigenvalue weighted by molar-refractivity contribution is 5.70. The fourth-order valence-electron chi connectivity index (χ4n) is 3.93. The molecule has 10 nitrogen and oxygen atoms in total. The Morgan fingerprint density at radius 2 is 1.88 bits per heavy atom. The number of amides is 1. The Bertz CT molecular complexity index is 1030. The number of nitrogen functional groups attached to an aromatic ring is 1. The van der Waals surface area contributed by atoms with Gasteiger partial charge in [-0.25, -0.2) is 9.78 Å².